The molecule has 0 amide bonds. The molecule has 174 valence electrons. The standard InChI is InChI=1S/C23H16O11.2Na/c24-11(8-31-14-3-2-6-17-19(14)13(25)7-18(34-17)23(29)30)9-32-15-4-1-5-16-20(15)21(26)12(10-33-16)22(27)28;;/h1-7,10-11,24H,8-9H2,(H,27,28)(H,29,30);;/q;2*+1/p-2. The minimum atomic E-state index is -1.70. The minimum Gasteiger partial charge on any atom is -0.545 e. The summed E-state index contributed by atoms with van der Waals surface area (Å²) in [6.07, 6.45) is -0.459. The monoisotopic (exact) mass is 512 g/mol. The van der Waals surface area contributed by atoms with E-state index in [2.05, 4.69) is 0 Å². The van der Waals surface area contributed by atoms with E-state index in [1.54, 1.807) is 0 Å². The molecule has 1 atom stereocenters. The number of rotatable bonds is 8. The number of aliphatic hydroxyl groups excluding tert-OH is 1. The SMILES string of the molecule is O=C([O-])c1cc(=O)c2c(OCC(O)COc3cccc4occ(C(=O)[O-])c(=O)c34)cccc2o1.[Na+].[Na+]. The zero-order chi connectivity index (χ0) is 24.4. The van der Waals surface area contributed by atoms with Gasteiger partial charge in [-0.05, 0) is 24.3 Å². The van der Waals surface area contributed by atoms with Gasteiger partial charge in [-0.25, -0.2) is 0 Å². The van der Waals surface area contributed by atoms with Crippen LogP contribution in [0.2, 0.25) is 0 Å². The van der Waals surface area contributed by atoms with E-state index in [4.69, 9.17) is 18.3 Å². The van der Waals surface area contributed by atoms with E-state index in [0.717, 1.165) is 12.3 Å². The number of aromatic carboxylic acids is 2. The Morgan fingerprint density at radius 1 is 0.889 bits per heavy atom. The first-order chi connectivity index (χ1) is 16.3. The van der Waals surface area contributed by atoms with Crippen molar-refractivity contribution in [3.63, 3.8) is 0 Å². The van der Waals surface area contributed by atoms with E-state index >= 15 is 0 Å². The molecule has 0 saturated carbocycles. The Kier molecular flexibility index (Phi) is 10.3. The van der Waals surface area contributed by atoms with Crippen LogP contribution in [0, 0.1) is 0 Å². The zero-order valence-corrected chi connectivity index (χ0v) is 23.1. The van der Waals surface area contributed by atoms with E-state index in [1.807, 2.05) is 0 Å². The Balaban J connectivity index is 0.00000228. The molecular formula is C23H14Na2O11. The van der Waals surface area contributed by atoms with Crippen LogP contribution in [0.25, 0.3) is 21.9 Å². The second kappa shape index (κ2) is 12.5. The smallest absolute Gasteiger partial charge is 0.545 e. The molecule has 1 N–H and O–H groups in total. The number of hydrogen-bond donors (Lipinski definition) is 1. The molecule has 2 aromatic heterocycles. The largest absolute Gasteiger partial charge is 1.00 e. The van der Waals surface area contributed by atoms with Gasteiger partial charge in [0, 0.05) is 6.07 Å². The molecule has 13 heteroatoms. The van der Waals surface area contributed by atoms with E-state index < -0.39 is 40.2 Å². The molecule has 1 unspecified atom stereocenters. The van der Waals surface area contributed by atoms with E-state index in [-0.39, 0.29) is 106 Å². The molecule has 11 nitrogen and oxygen atoms in total. The van der Waals surface area contributed by atoms with Crippen molar-refractivity contribution < 1.29 is 102 Å². The van der Waals surface area contributed by atoms with Crippen molar-refractivity contribution in [3.05, 3.63) is 80.5 Å². The van der Waals surface area contributed by atoms with Crippen LogP contribution in [0.1, 0.15) is 20.9 Å². The van der Waals surface area contributed by atoms with Gasteiger partial charge < -0.3 is 43.2 Å². The Bertz CT molecular complexity index is 1540. The summed E-state index contributed by atoms with van der Waals surface area (Å²) in [5.41, 5.74) is -2.17. The summed E-state index contributed by atoms with van der Waals surface area (Å²) < 4.78 is 21.2. The predicted octanol–water partition coefficient (Wildman–Crippen LogP) is -6.55. The van der Waals surface area contributed by atoms with Crippen LogP contribution in [-0.4, -0.2) is 36.4 Å². The molecule has 2 heterocycles. The molecule has 0 saturated heterocycles. The van der Waals surface area contributed by atoms with Crippen LogP contribution in [0.3, 0.4) is 0 Å². The first kappa shape index (κ1) is 29.6. The van der Waals surface area contributed by atoms with E-state index in [1.165, 1.54) is 36.4 Å². The van der Waals surface area contributed by atoms with Gasteiger partial charge in [-0.15, -0.1) is 0 Å². The van der Waals surface area contributed by atoms with Crippen molar-refractivity contribution in [3.8, 4) is 11.5 Å². The average Bonchev–Trinajstić information content (AvgIpc) is 2.80. The van der Waals surface area contributed by atoms with Crippen LogP contribution in [0.15, 0.2) is 67.2 Å². The number of aliphatic hydroxyl groups is 1. The summed E-state index contributed by atoms with van der Waals surface area (Å²) in [6.45, 7) is -0.702. The van der Waals surface area contributed by atoms with Crippen molar-refractivity contribution >= 4 is 33.9 Å². The van der Waals surface area contributed by atoms with Crippen molar-refractivity contribution in [2.45, 2.75) is 6.10 Å². The van der Waals surface area contributed by atoms with Gasteiger partial charge in [0.2, 0.25) is 5.43 Å². The Morgan fingerprint density at radius 2 is 1.47 bits per heavy atom. The normalized spacial score (nSPS) is 11.2. The zero-order valence-electron chi connectivity index (χ0n) is 19.1. The van der Waals surface area contributed by atoms with E-state index in [0.29, 0.717) is 0 Å². The number of fused-ring (bicyclic) bond motifs is 2. The van der Waals surface area contributed by atoms with E-state index in [9.17, 15) is 34.5 Å². The molecule has 0 spiro atoms. The third-order valence-electron chi connectivity index (χ3n) is 4.76. The molecule has 2 aromatic carbocycles. The van der Waals surface area contributed by atoms with Crippen molar-refractivity contribution in [1.29, 1.82) is 0 Å². The topological polar surface area (TPSA) is 179 Å². The molecule has 0 aliphatic heterocycles. The van der Waals surface area contributed by atoms with Gasteiger partial charge in [-0.3, -0.25) is 9.59 Å². The molecular weight excluding hydrogens is 498 g/mol. The fourth-order valence-corrected chi connectivity index (χ4v) is 3.22. The Labute approximate surface area is 245 Å². The molecule has 0 aliphatic carbocycles. The summed E-state index contributed by atoms with van der Waals surface area (Å²) in [4.78, 5) is 46.8. The molecule has 0 bridgehead atoms. The van der Waals surface area contributed by atoms with Gasteiger partial charge in [-0.2, -0.15) is 0 Å². The third kappa shape index (κ3) is 6.19. The quantitative estimate of drug-likeness (QED) is 0.222. The van der Waals surface area contributed by atoms with Gasteiger partial charge in [0.05, 0.1) is 11.5 Å². The molecule has 0 aliphatic rings. The van der Waals surface area contributed by atoms with Crippen LogP contribution in [-0.2, 0) is 0 Å². The van der Waals surface area contributed by atoms with Crippen LogP contribution >= 0.6 is 0 Å². The molecule has 0 radical (unpaired) electrons. The number of hydrogen-bond acceptors (Lipinski definition) is 11. The van der Waals surface area contributed by atoms with Gasteiger partial charge in [0.1, 0.15) is 65.0 Å². The number of carbonyl (C=O) groups excluding carboxylic acids is 2. The maximum Gasteiger partial charge on any atom is 1.00 e. The summed E-state index contributed by atoms with van der Waals surface area (Å²) >= 11 is 0. The fourth-order valence-electron chi connectivity index (χ4n) is 3.22. The van der Waals surface area contributed by atoms with Gasteiger partial charge in [0.15, 0.2) is 11.2 Å². The number of carboxylic acids is 2. The van der Waals surface area contributed by atoms with Gasteiger partial charge >= 0.3 is 59.1 Å². The summed E-state index contributed by atoms with van der Waals surface area (Å²) in [5, 5.41) is 32.2. The summed E-state index contributed by atoms with van der Waals surface area (Å²) in [5.74, 6) is -3.96. The maximum absolute atomic E-state index is 12.4. The van der Waals surface area contributed by atoms with Gasteiger partial charge in [0.25, 0.3) is 0 Å². The molecule has 4 rings (SSSR count). The van der Waals surface area contributed by atoms with Crippen LogP contribution in [0.4, 0.5) is 0 Å². The number of carboxylic acid groups (broad SMARTS) is 2. The predicted molar refractivity (Wildman–Crippen MR) is 111 cm³/mol. The molecule has 4 aromatic rings. The maximum atomic E-state index is 12.4. The second-order valence-electron chi connectivity index (χ2n) is 7.06. The van der Waals surface area contributed by atoms with Crippen LogP contribution in [0.5, 0.6) is 11.5 Å². The number of benzene rings is 2. The van der Waals surface area contributed by atoms with Crippen molar-refractivity contribution in [2.75, 3.05) is 13.2 Å². The number of ether oxygens (including phenoxy) is 2. The first-order valence-electron chi connectivity index (χ1n) is 9.74. The first-order valence-corrected chi connectivity index (χ1v) is 9.74. The van der Waals surface area contributed by atoms with Crippen molar-refractivity contribution in [1.82, 2.24) is 0 Å². The molecule has 0 fully saturated rings. The molecule has 36 heavy (non-hydrogen) atoms. The van der Waals surface area contributed by atoms with Gasteiger partial charge in [-0.1, -0.05) is 12.1 Å². The Hall–Kier alpha value is -2.64. The third-order valence-corrected chi connectivity index (χ3v) is 4.76. The average molecular weight is 512 g/mol. The Morgan fingerprint density at radius 3 is 2.06 bits per heavy atom. The minimum absolute atomic E-state index is 0. The number of carbonyl (C=O) groups is 2. The fraction of sp³-hybridized carbons (Fsp3) is 0.130. The summed E-state index contributed by atoms with van der Waals surface area (Å²) in [6, 6.07) is 9.39. The van der Waals surface area contributed by atoms with Crippen LogP contribution < -0.4 is 89.7 Å². The summed E-state index contributed by atoms with van der Waals surface area (Å²) in [7, 11) is 0. The van der Waals surface area contributed by atoms with Crippen molar-refractivity contribution in [2.24, 2.45) is 0 Å². The second-order valence-corrected chi connectivity index (χ2v) is 7.06.